The minimum atomic E-state index is 0.555. The lowest BCUT2D eigenvalue weighted by Gasteiger charge is -2.07. The zero-order chi connectivity index (χ0) is 13.7. The lowest BCUT2D eigenvalue weighted by Crippen LogP contribution is -2.11. The maximum atomic E-state index is 4.99. The molecule has 2 aromatic rings. The Morgan fingerprint density at radius 1 is 1.21 bits per heavy atom. The Morgan fingerprint density at radius 3 is 2.74 bits per heavy atom. The third kappa shape index (κ3) is 3.92. The van der Waals surface area contributed by atoms with Gasteiger partial charge in [-0.2, -0.15) is 4.98 Å². The van der Waals surface area contributed by atoms with E-state index >= 15 is 0 Å². The predicted molar refractivity (Wildman–Crippen MR) is 71.7 cm³/mol. The van der Waals surface area contributed by atoms with Gasteiger partial charge in [0.15, 0.2) is 5.82 Å². The van der Waals surface area contributed by atoms with Crippen molar-refractivity contribution in [2.45, 2.75) is 13.8 Å². The first-order valence-electron chi connectivity index (χ1n) is 5.96. The van der Waals surface area contributed by atoms with E-state index in [1.54, 1.807) is 13.2 Å². The third-order valence-electron chi connectivity index (χ3n) is 2.33. The molecule has 2 rings (SSSR count). The fraction of sp³-hybridized carbons (Fsp3) is 0.417. The van der Waals surface area contributed by atoms with E-state index in [4.69, 9.17) is 9.26 Å². The smallest absolute Gasteiger partial charge is 0.224 e. The molecular formula is C12H17N5O2. The minimum absolute atomic E-state index is 0.555. The molecule has 0 saturated carbocycles. The van der Waals surface area contributed by atoms with E-state index in [1.165, 1.54) is 0 Å². The number of aromatic nitrogens is 3. The molecule has 2 aromatic heterocycles. The maximum absolute atomic E-state index is 4.99. The predicted octanol–water partition coefficient (Wildman–Crippen LogP) is 1.88. The first-order chi connectivity index (χ1) is 9.17. The summed E-state index contributed by atoms with van der Waals surface area (Å²) in [7, 11) is 1.65. The molecule has 0 saturated heterocycles. The Labute approximate surface area is 111 Å². The first kappa shape index (κ1) is 13.3. The molecule has 7 heteroatoms. The molecule has 0 spiro atoms. The van der Waals surface area contributed by atoms with Gasteiger partial charge in [0.05, 0.1) is 6.61 Å². The number of aryl methyl sites for hydroxylation is 2. The van der Waals surface area contributed by atoms with Crippen LogP contribution in [0.15, 0.2) is 16.7 Å². The highest BCUT2D eigenvalue weighted by atomic mass is 16.5. The van der Waals surface area contributed by atoms with Gasteiger partial charge in [-0.05, 0) is 13.8 Å². The number of anilines is 3. The van der Waals surface area contributed by atoms with Crippen LogP contribution in [0, 0.1) is 13.8 Å². The Kier molecular flexibility index (Phi) is 4.30. The normalized spacial score (nSPS) is 10.5. The molecule has 0 aliphatic rings. The van der Waals surface area contributed by atoms with Crippen LogP contribution in [0.25, 0.3) is 0 Å². The molecule has 0 radical (unpaired) electrons. The molecule has 2 N–H and O–H groups in total. The van der Waals surface area contributed by atoms with Crippen molar-refractivity contribution in [1.82, 2.24) is 15.1 Å². The van der Waals surface area contributed by atoms with Crippen LogP contribution in [0.2, 0.25) is 0 Å². The molecule has 19 heavy (non-hydrogen) atoms. The van der Waals surface area contributed by atoms with Gasteiger partial charge < -0.3 is 19.9 Å². The molecule has 0 amide bonds. The topological polar surface area (TPSA) is 85.1 Å². The van der Waals surface area contributed by atoms with E-state index in [-0.39, 0.29) is 0 Å². The second kappa shape index (κ2) is 6.14. The van der Waals surface area contributed by atoms with Crippen LogP contribution < -0.4 is 10.6 Å². The van der Waals surface area contributed by atoms with Gasteiger partial charge in [-0.15, -0.1) is 0 Å². The van der Waals surface area contributed by atoms with Gasteiger partial charge in [0.1, 0.15) is 11.6 Å². The van der Waals surface area contributed by atoms with E-state index in [0.717, 1.165) is 11.5 Å². The standard InChI is InChI=1S/C12H17N5O2/c1-8-6-10(15-11-7-9(2)19-17-11)16-12(14-8)13-4-5-18-3/h6-7H,4-5H2,1-3H3,(H2,13,14,15,16,17). The van der Waals surface area contributed by atoms with Crippen molar-refractivity contribution in [2.24, 2.45) is 0 Å². The van der Waals surface area contributed by atoms with Crippen molar-refractivity contribution in [3.8, 4) is 0 Å². The summed E-state index contributed by atoms with van der Waals surface area (Å²) >= 11 is 0. The van der Waals surface area contributed by atoms with E-state index < -0.39 is 0 Å². The Morgan fingerprint density at radius 2 is 2.05 bits per heavy atom. The molecule has 0 unspecified atom stereocenters. The van der Waals surface area contributed by atoms with Crippen molar-refractivity contribution in [2.75, 3.05) is 30.9 Å². The number of hydrogen-bond donors (Lipinski definition) is 2. The highest BCUT2D eigenvalue weighted by Gasteiger charge is 2.05. The van der Waals surface area contributed by atoms with Gasteiger partial charge in [0.2, 0.25) is 5.95 Å². The van der Waals surface area contributed by atoms with Crippen LogP contribution >= 0.6 is 0 Å². The summed E-state index contributed by atoms with van der Waals surface area (Å²) < 4.78 is 9.95. The van der Waals surface area contributed by atoms with Gasteiger partial charge in [-0.25, -0.2) is 4.98 Å². The van der Waals surface area contributed by atoms with Crippen LogP contribution in [0.4, 0.5) is 17.6 Å². The SMILES string of the molecule is COCCNc1nc(C)cc(Nc2cc(C)on2)n1. The van der Waals surface area contributed by atoms with Gasteiger partial charge in [-0.3, -0.25) is 0 Å². The van der Waals surface area contributed by atoms with Gasteiger partial charge >= 0.3 is 0 Å². The average Bonchev–Trinajstić information content (AvgIpc) is 2.74. The average molecular weight is 263 g/mol. The summed E-state index contributed by atoms with van der Waals surface area (Å²) in [6, 6.07) is 3.64. The molecule has 0 aliphatic heterocycles. The second-order valence-corrected chi connectivity index (χ2v) is 4.09. The van der Waals surface area contributed by atoms with E-state index in [1.807, 2.05) is 19.9 Å². The number of hydrogen-bond acceptors (Lipinski definition) is 7. The van der Waals surface area contributed by atoms with Crippen LogP contribution in [0.5, 0.6) is 0 Å². The third-order valence-corrected chi connectivity index (χ3v) is 2.33. The van der Waals surface area contributed by atoms with Crippen molar-refractivity contribution in [1.29, 1.82) is 0 Å². The molecule has 0 aromatic carbocycles. The van der Waals surface area contributed by atoms with Crippen molar-refractivity contribution in [3.63, 3.8) is 0 Å². The monoisotopic (exact) mass is 263 g/mol. The highest BCUT2D eigenvalue weighted by molar-refractivity contribution is 5.53. The van der Waals surface area contributed by atoms with Crippen LogP contribution in [0.1, 0.15) is 11.5 Å². The fourth-order valence-corrected chi connectivity index (χ4v) is 1.53. The lowest BCUT2D eigenvalue weighted by atomic mass is 10.4. The number of methoxy groups -OCH3 is 1. The van der Waals surface area contributed by atoms with E-state index in [0.29, 0.717) is 30.7 Å². The molecule has 0 atom stereocenters. The largest absolute Gasteiger partial charge is 0.383 e. The molecule has 0 bridgehead atoms. The summed E-state index contributed by atoms with van der Waals surface area (Å²) in [4.78, 5) is 8.63. The summed E-state index contributed by atoms with van der Waals surface area (Å²) in [5, 5.41) is 10.0. The number of rotatable bonds is 6. The Bertz CT molecular complexity index is 541. The molecule has 0 aliphatic carbocycles. The zero-order valence-corrected chi connectivity index (χ0v) is 11.2. The Balaban J connectivity index is 2.07. The molecule has 102 valence electrons. The second-order valence-electron chi connectivity index (χ2n) is 4.09. The molecule has 2 heterocycles. The van der Waals surface area contributed by atoms with Crippen LogP contribution in [-0.4, -0.2) is 35.4 Å². The van der Waals surface area contributed by atoms with E-state index in [2.05, 4.69) is 25.8 Å². The molecule has 0 fully saturated rings. The lowest BCUT2D eigenvalue weighted by molar-refractivity contribution is 0.210. The van der Waals surface area contributed by atoms with E-state index in [9.17, 15) is 0 Å². The molecule has 7 nitrogen and oxygen atoms in total. The number of nitrogens with zero attached hydrogens (tertiary/aromatic N) is 3. The van der Waals surface area contributed by atoms with Crippen molar-refractivity contribution in [3.05, 3.63) is 23.6 Å². The molecular weight excluding hydrogens is 246 g/mol. The van der Waals surface area contributed by atoms with Crippen LogP contribution in [-0.2, 0) is 4.74 Å². The highest BCUT2D eigenvalue weighted by Crippen LogP contribution is 2.16. The van der Waals surface area contributed by atoms with Crippen molar-refractivity contribution < 1.29 is 9.26 Å². The summed E-state index contributed by atoms with van der Waals surface area (Å²) in [6.45, 7) is 4.99. The van der Waals surface area contributed by atoms with Crippen LogP contribution in [0.3, 0.4) is 0 Å². The Hall–Kier alpha value is -2.15. The maximum Gasteiger partial charge on any atom is 0.224 e. The van der Waals surface area contributed by atoms with Gasteiger partial charge in [0.25, 0.3) is 0 Å². The summed E-state index contributed by atoms with van der Waals surface area (Å²) in [5.41, 5.74) is 0.859. The summed E-state index contributed by atoms with van der Waals surface area (Å²) in [5.74, 6) is 2.59. The summed E-state index contributed by atoms with van der Waals surface area (Å²) in [6.07, 6.45) is 0. The zero-order valence-electron chi connectivity index (χ0n) is 11.2. The van der Waals surface area contributed by atoms with Gasteiger partial charge in [-0.1, -0.05) is 5.16 Å². The first-order valence-corrected chi connectivity index (χ1v) is 5.96. The number of ether oxygens (including phenoxy) is 1. The number of nitrogens with one attached hydrogen (secondary N) is 2. The minimum Gasteiger partial charge on any atom is -0.383 e. The fourth-order valence-electron chi connectivity index (χ4n) is 1.53. The quantitative estimate of drug-likeness (QED) is 0.769. The van der Waals surface area contributed by atoms with Gasteiger partial charge in [0, 0.05) is 31.5 Å². The van der Waals surface area contributed by atoms with Crippen molar-refractivity contribution >= 4 is 17.6 Å².